The highest BCUT2D eigenvalue weighted by Crippen LogP contribution is 2.28. The minimum Gasteiger partial charge on any atom is -0.333 e. The molecule has 5 nitrogen and oxygen atoms in total. The van der Waals surface area contributed by atoms with Crippen molar-refractivity contribution in [1.82, 2.24) is 19.6 Å². The lowest BCUT2D eigenvalue weighted by atomic mass is 10.0. The van der Waals surface area contributed by atoms with Crippen LogP contribution in [0, 0.1) is 11.6 Å². The molecule has 1 aromatic heterocycles. The number of nitrogens with zero attached hydrogens (tertiary/aromatic N) is 4. The molecule has 0 saturated heterocycles. The van der Waals surface area contributed by atoms with Crippen molar-refractivity contribution in [2.75, 3.05) is 13.1 Å². The number of benzene rings is 3. The smallest absolute Gasteiger partial charge is 0.254 e. The molecule has 1 aliphatic rings. The Morgan fingerprint density at radius 3 is 2.54 bits per heavy atom. The first-order valence-electron chi connectivity index (χ1n) is 12.3. The van der Waals surface area contributed by atoms with E-state index in [1.807, 2.05) is 41.9 Å². The molecular formula is C29H27ClF2N4O. The molecular weight excluding hydrogens is 494 g/mol. The van der Waals surface area contributed by atoms with Gasteiger partial charge in [-0.2, -0.15) is 5.10 Å². The van der Waals surface area contributed by atoms with E-state index >= 15 is 0 Å². The van der Waals surface area contributed by atoms with E-state index in [9.17, 15) is 13.6 Å². The molecule has 5 rings (SSSR count). The minimum absolute atomic E-state index is 0.100. The van der Waals surface area contributed by atoms with Crippen molar-refractivity contribution in [2.45, 2.75) is 33.0 Å². The van der Waals surface area contributed by atoms with Gasteiger partial charge in [0.2, 0.25) is 0 Å². The monoisotopic (exact) mass is 520 g/mol. The molecule has 0 fully saturated rings. The maximum atomic E-state index is 14.4. The molecule has 190 valence electrons. The maximum Gasteiger partial charge on any atom is 0.254 e. The third-order valence-electron chi connectivity index (χ3n) is 6.72. The number of carbonyl (C=O) groups excluding carboxylic acids is 1. The van der Waals surface area contributed by atoms with Crippen molar-refractivity contribution in [3.05, 3.63) is 118 Å². The van der Waals surface area contributed by atoms with E-state index in [0.29, 0.717) is 55.3 Å². The molecule has 2 heterocycles. The van der Waals surface area contributed by atoms with Gasteiger partial charge in [-0.1, -0.05) is 29.8 Å². The van der Waals surface area contributed by atoms with Crippen LogP contribution in [-0.2, 0) is 26.1 Å². The third kappa shape index (κ3) is 5.43. The highest BCUT2D eigenvalue weighted by molar-refractivity contribution is 6.30. The van der Waals surface area contributed by atoms with E-state index in [-0.39, 0.29) is 5.91 Å². The number of halogens is 3. The summed E-state index contributed by atoms with van der Waals surface area (Å²) < 4.78 is 30.1. The van der Waals surface area contributed by atoms with Crippen LogP contribution in [0.4, 0.5) is 8.78 Å². The van der Waals surface area contributed by atoms with Gasteiger partial charge in [-0.15, -0.1) is 0 Å². The summed E-state index contributed by atoms with van der Waals surface area (Å²) >= 11 is 6.00. The molecule has 0 N–H and O–H groups in total. The third-order valence-corrected chi connectivity index (χ3v) is 6.97. The molecule has 8 heteroatoms. The van der Waals surface area contributed by atoms with Crippen LogP contribution in [0.5, 0.6) is 0 Å². The predicted molar refractivity (Wildman–Crippen MR) is 140 cm³/mol. The lowest BCUT2D eigenvalue weighted by Crippen LogP contribution is -2.33. The highest BCUT2D eigenvalue weighted by atomic mass is 35.5. The van der Waals surface area contributed by atoms with E-state index < -0.39 is 11.6 Å². The molecule has 4 aromatic rings. The largest absolute Gasteiger partial charge is 0.333 e. The average molecular weight is 521 g/mol. The summed E-state index contributed by atoms with van der Waals surface area (Å²) in [7, 11) is 0. The van der Waals surface area contributed by atoms with Gasteiger partial charge in [-0.3, -0.25) is 9.69 Å². The Kier molecular flexibility index (Phi) is 7.35. The van der Waals surface area contributed by atoms with Crippen LogP contribution < -0.4 is 0 Å². The van der Waals surface area contributed by atoms with Gasteiger partial charge in [-0.25, -0.2) is 13.5 Å². The summed E-state index contributed by atoms with van der Waals surface area (Å²) in [5.74, 6) is -0.972. The molecule has 0 spiro atoms. The second-order valence-electron chi connectivity index (χ2n) is 9.14. The molecule has 0 aliphatic carbocycles. The van der Waals surface area contributed by atoms with Gasteiger partial charge in [0.05, 0.1) is 23.6 Å². The molecule has 0 radical (unpaired) electrons. The molecule has 3 aromatic carbocycles. The van der Waals surface area contributed by atoms with Crippen LogP contribution in [0.3, 0.4) is 0 Å². The van der Waals surface area contributed by atoms with Crippen molar-refractivity contribution in [3.63, 3.8) is 0 Å². The first-order valence-corrected chi connectivity index (χ1v) is 12.7. The summed E-state index contributed by atoms with van der Waals surface area (Å²) in [4.78, 5) is 17.1. The van der Waals surface area contributed by atoms with Gasteiger partial charge in [0, 0.05) is 54.3 Å². The zero-order valence-corrected chi connectivity index (χ0v) is 21.3. The highest BCUT2D eigenvalue weighted by Gasteiger charge is 2.28. The Bertz CT molecular complexity index is 1410. The minimum atomic E-state index is -0.453. The van der Waals surface area contributed by atoms with E-state index in [1.54, 1.807) is 29.2 Å². The number of hydrogen-bond acceptors (Lipinski definition) is 3. The molecule has 1 amide bonds. The Hall–Kier alpha value is -3.55. The van der Waals surface area contributed by atoms with Crippen LogP contribution in [0.2, 0.25) is 5.02 Å². The van der Waals surface area contributed by atoms with Crippen LogP contribution in [0.1, 0.15) is 39.8 Å². The number of para-hydroxylation sites is 1. The topological polar surface area (TPSA) is 41.4 Å². The van der Waals surface area contributed by atoms with E-state index in [0.717, 1.165) is 28.7 Å². The normalized spacial score (nSPS) is 13.4. The number of rotatable bonds is 7. The molecule has 0 atom stereocenters. The van der Waals surface area contributed by atoms with E-state index in [4.69, 9.17) is 16.7 Å². The zero-order valence-electron chi connectivity index (χ0n) is 20.5. The first-order chi connectivity index (χ1) is 17.9. The van der Waals surface area contributed by atoms with E-state index in [1.165, 1.54) is 12.1 Å². The zero-order chi connectivity index (χ0) is 25.9. The van der Waals surface area contributed by atoms with Crippen molar-refractivity contribution < 1.29 is 13.6 Å². The quantitative estimate of drug-likeness (QED) is 0.299. The van der Waals surface area contributed by atoms with Crippen molar-refractivity contribution in [3.8, 4) is 5.69 Å². The lowest BCUT2D eigenvalue weighted by Gasteiger charge is -2.28. The second-order valence-corrected chi connectivity index (χ2v) is 9.58. The maximum absolute atomic E-state index is 14.4. The summed E-state index contributed by atoms with van der Waals surface area (Å²) in [6, 6.07) is 20.3. The Balaban J connectivity index is 1.46. The number of carbonyl (C=O) groups is 1. The van der Waals surface area contributed by atoms with Gasteiger partial charge in [0.1, 0.15) is 11.6 Å². The standard InChI is InChI=1S/C29H27ClF2N4O/c1-2-35(29(37)20-8-10-22(30)11-9-20)19-27-25-18-34(17-21-16-23(31)12-13-26(21)32)15-14-28(25)36(33-27)24-6-4-3-5-7-24/h3-13,16H,2,14-15,17-19H2,1H3. The Labute approximate surface area is 219 Å². The summed E-state index contributed by atoms with van der Waals surface area (Å²) in [5, 5.41) is 5.53. The summed E-state index contributed by atoms with van der Waals surface area (Å²) in [6.45, 7) is 4.28. The number of aromatic nitrogens is 2. The van der Waals surface area contributed by atoms with Crippen molar-refractivity contribution in [1.29, 1.82) is 0 Å². The number of fused-ring (bicyclic) bond motifs is 1. The van der Waals surface area contributed by atoms with Crippen molar-refractivity contribution >= 4 is 17.5 Å². The fourth-order valence-electron chi connectivity index (χ4n) is 4.77. The van der Waals surface area contributed by atoms with Crippen molar-refractivity contribution in [2.24, 2.45) is 0 Å². The van der Waals surface area contributed by atoms with Gasteiger partial charge < -0.3 is 4.90 Å². The van der Waals surface area contributed by atoms with Crippen LogP contribution >= 0.6 is 11.6 Å². The van der Waals surface area contributed by atoms with Crippen LogP contribution in [0.15, 0.2) is 72.8 Å². The number of hydrogen-bond donors (Lipinski definition) is 0. The predicted octanol–water partition coefficient (Wildman–Crippen LogP) is 6.02. The van der Waals surface area contributed by atoms with Crippen LogP contribution in [-0.4, -0.2) is 38.6 Å². The average Bonchev–Trinajstić information content (AvgIpc) is 3.27. The van der Waals surface area contributed by atoms with Gasteiger partial charge in [0.25, 0.3) is 5.91 Å². The summed E-state index contributed by atoms with van der Waals surface area (Å²) in [5.41, 5.74) is 4.73. The first kappa shape index (κ1) is 25.1. The Morgan fingerprint density at radius 2 is 1.81 bits per heavy atom. The van der Waals surface area contributed by atoms with E-state index in [2.05, 4.69) is 4.90 Å². The van der Waals surface area contributed by atoms with Crippen LogP contribution in [0.25, 0.3) is 5.69 Å². The van der Waals surface area contributed by atoms with Gasteiger partial charge >= 0.3 is 0 Å². The van der Waals surface area contributed by atoms with Gasteiger partial charge in [0.15, 0.2) is 0 Å². The molecule has 0 saturated carbocycles. The SMILES string of the molecule is CCN(Cc1nn(-c2ccccc2)c2c1CN(Cc1cc(F)ccc1F)CC2)C(=O)c1ccc(Cl)cc1. The molecule has 0 unspecified atom stereocenters. The molecule has 1 aliphatic heterocycles. The Morgan fingerprint density at radius 1 is 1.05 bits per heavy atom. The summed E-state index contributed by atoms with van der Waals surface area (Å²) in [6.07, 6.45) is 0.700. The second kappa shape index (κ2) is 10.8. The molecule has 0 bridgehead atoms. The fraction of sp³-hybridized carbons (Fsp3) is 0.241. The lowest BCUT2D eigenvalue weighted by molar-refractivity contribution is 0.0749. The number of amides is 1. The fourth-order valence-corrected chi connectivity index (χ4v) is 4.90. The van der Waals surface area contributed by atoms with Gasteiger partial charge in [-0.05, 0) is 61.5 Å². The molecule has 37 heavy (non-hydrogen) atoms.